The van der Waals surface area contributed by atoms with Gasteiger partial charge in [-0.3, -0.25) is 0 Å². The average Bonchev–Trinajstić information content (AvgIpc) is 3.02. The number of aryl methyl sites for hydroxylation is 1. The Labute approximate surface area is 115 Å². The number of imidazole rings is 1. The maximum absolute atomic E-state index is 5.44. The van der Waals surface area contributed by atoms with Crippen molar-refractivity contribution in [3.63, 3.8) is 0 Å². The second-order valence-corrected chi connectivity index (χ2v) is 5.08. The Morgan fingerprint density at radius 1 is 1.32 bits per heavy atom. The summed E-state index contributed by atoms with van der Waals surface area (Å²) in [6, 6.07) is 0.623. The number of anilines is 1. The highest BCUT2D eigenvalue weighted by Gasteiger charge is 2.19. The van der Waals surface area contributed by atoms with E-state index in [0.717, 1.165) is 18.2 Å². The van der Waals surface area contributed by atoms with Gasteiger partial charge in [-0.15, -0.1) is 0 Å². The monoisotopic (exact) mass is 267 g/mol. The van der Waals surface area contributed by atoms with E-state index in [1.165, 1.54) is 25.7 Å². The van der Waals surface area contributed by atoms with Crippen molar-refractivity contribution >= 4 is 5.95 Å². The van der Waals surface area contributed by atoms with Gasteiger partial charge in [0.15, 0.2) is 0 Å². The number of hydrogen-bond acceptors (Lipinski definition) is 4. The molecule has 0 saturated heterocycles. The first-order valence-corrected chi connectivity index (χ1v) is 7.17. The summed E-state index contributed by atoms with van der Waals surface area (Å²) in [7, 11) is 1.68. The third kappa shape index (κ3) is 4.21. The summed E-state index contributed by atoms with van der Waals surface area (Å²) in [5, 5.41) is 3.37. The van der Waals surface area contributed by atoms with Crippen LogP contribution in [0, 0.1) is 6.92 Å². The minimum absolute atomic E-state index is 0.623. The fraction of sp³-hybridized carbons (Fsp3) is 0.786. The van der Waals surface area contributed by atoms with E-state index >= 15 is 0 Å². The van der Waals surface area contributed by atoms with Gasteiger partial charge in [0.05, 0.1) is 25.5 Å². The Hall–Kier alpha value is -1.07. The third-order valence-electron chi connectivity index (χ3n) is 3.53. The summed E-state index contributed by atoms with van der Waals surface area (Å²) in [5.41, 5.74) is 1.08. The van der Waals surface area contributed by atoms with Crippen LogP contribution >= 0.6 is 0 Å². The first-order chi connectivity index (χ1) is 9.31. The van der Waals surface area contributed by atoms with Gasteiger partial charge in [0.1, 0.15) is 0 Å². The third-order valence-corrected chi connectivity index (χ3v) is 3.53. The van der Waals surface area contributed by atoms with Crippen LogP contribution in [-0.2, 0) is 9.47 Å². The van der Waals surface area contributed by atoms with Gasteiger partial charge in [0.2, 0.25) is 5.95 Å². The Morgan fingerprint density at radius 3 is 2.84 bits per heavy atom. The molecule has 2 rings (SSSR count). The quantitative estimate of drug-likeness (QED) is 0.735. The highest BCUT2D eigenvalue weighted by molar-refractivity contribution is 5.29. The molecule has 1 aliphatic carbocycles. The molecule has 1 heterocycles. The summed E-state index contributed by atoms with van der Waals surface area (Å²) >= 11 is 0. The van der Waals surface area contributed by atoms with Gasteiger partial charge in [0.25, 0.3) is 0 Å². The largest absolute Gasteiger partial charge is 0.382 e. The lowest BCUT2D eigenvalue weighted by Gasteiger charge is -2.15. The Bertz CT molecular complexity index is 373. The average molecular weight is 267 g/mol. The molecular formula is C14H25N3O2. The van der Waals surface area contributed by atoms with Crippen molar-refractivity contribution in [2.24, 2.45) is 0 Å². The summed E-state index contributed by atoms with van der Waals surface area (Å²) < 4.78 is 12.7. The van der Waals surface area contributed by atoms with Crippen molar-refractivity contribution in [3.8, 4) is 0 Å². The summed E-state index contributed by atoms with van der Waals surface area (Å²) in [6.45, 7) is 4.81. The number of ether oxygens (including phenoxy) is 2. The second kappa shape index (κ2) is 7.50. The molecule has 0 bridgehead atoms. The van der Waals surface area contributed by atoms with Crippen LogP contribution < -0.4 is 5.32 Å². The molecule has 1 saturated carbocycles. The number of methoxy groups -OCH3 is 1. The van der Waals surface area contributed by atoms with Crippen LogP contribution in [0.25, 0.3) is 0 Å². The van der Waals surface area contributed by atoms with Crippen LogP contribution in [0.5, 0.6) is 0 Å². The van der Waals surface area contributed by atoms with Crippen molar-refractivity contribution in [2.45, 2.75) is 38.6 Å². The smallest absolute Gasteiger partial charge is 0.203 e. The maximum atomic E-state index is 5.44. The number of nitrogens with one attached hydrogen (secondary N) is 1. The van der Waals surface area contributed by atoms with Gasteiger partial charge in [-0.25, -0.2) is 4.98 Å². The van der Waals surface area contributed by atoms with Crippen molar-refractivity contribution in [1.29, 1.82) is 0 Å². The molecule has 0 aliphatic heterocycles. The van der Waals surface area contributed by atoms with Crippen LogP contribution in [-0.4, -0.2) is 43.0 Å². The molecule has 0 spiro atoms. The van der Waals surface area contributed by atoms with Crippen molar-refractivity contribution in [1.82, 2.24) is 9.55 Å². The van der Waals surface area contributed by atoms with Crippen LogP contribution in [0.2, 0.25) is 0 Å². The van der Waals surface area contributed by atoms with Crippen LogP contribution in [0.1, 0.15) is 37.4 Å². The fourth-order valence-corrected chi connectivity index (χ4v) is 2.59. The normalized spacial score (nSPS) is 16.1. The molecule has 1 aliphatic rings. The number of nitrogens with zero attached hydrogens (tertiary/aromatic N) is 2. The van der Waals surface area contributed by atoms with Gasteiger partial charge in [-0.05, 0) is 19.8 Å². The molecule has 1 N–H and O–H groups in total. The maximum Gasteiger partial charge on any atom is 0.203 e. The zero-order valence-corrected chi connectivity index (χ0v) is 12.0. The zero-order chi connectivity index (χ0) is 13.5. The molecule has 1 aromatic rings. The molecule has 0 aromatic carbocycles. The molecule has 5 nitrogen and oxygen atoms in total. The second-order valence-electron chi connectivity index (χ2n) is 5.08. The predicted octanol–water partition coefficient (Wildman–Crippen LogP) is 2.38. The minimum Gasteiger partial charge on any atom is -0.382 e. The van der Waals surface area contributed by atoms with E-state index in [4.69, 9.17) is 9.47 Å². The summed E-state index contributed by atoms with van der Waals surface area (Å²) in [6.07, 6.45) is 7.37. The highest BCUT2D eigenvalue weighted by atomic mass is 16.5. The van der Waals surface area contributed by atoms with Gasteiger partial charge >= 0.3 is 0 Å². The van der Waals surface area contributed by atoms with E-state index in [1.54, 1.807) is 7.11 Å². The molecule has 0 unspecified atom stereocenters. The van der Waals surface area contributed by atoms with E-state index in [0.29, 0.717) is 25.9 Å². The first kappa shape index (κ1) is 14.3. The van der Waals surface area contributed by atoms with E-state index in [9.17, 15) is 0 Å². The predicted molar refractivity (Wildman–Crippen MR) is 75.7 cm³/mol. The Balaban J connectivity index is 1.79. The van der Waals surface area contributed by atoms with Crippen LogP contribution in [0.15, 0.2) is 6.20 Å². The van der Waals surface area contributed by atoms with E-state index in [1.807, 2.05) is 6.92 Å². The number of rotatable bonds is 8. The standard InChI is InChI=1S/C14H25N3O2/c1-12-11-17(13-5-3-4-6-13)14(16-12)15-7-8-19-10-9-18-2/h11,13H,3-10H2,1-2H3,(H,15,16). The molecule has 1 fully saturated rings. The number of hydrogen-bond donors (Lipinski definition) is 1. The van der Waals surface area contributed by atoms with Crippen molar-refractivity contribution < 1.29 is 9.47 Å². The lowest BCUT2D eigenvalue weighted by molar-refractivity contribution is 0.0758. The topological polar surface area (TPSA) is 48.3 Å². The molecule has 5 heteroatoms. The van der Waals surface area contributed by atoms with Gasteiger partial charge in [-0.1, -0.05) is 12.8 Å². The van der Waals surface area contributed by atoms with E-state index < -0.39 is 0 Å². The Morgan fingerprint density at radius 2 is 2.11 bits per heavy atom. The van der Waals surface area contributed by atoms with Crippen molar-refractivity contribution in [3.05, 3.63) is 11.9 Å². The molecule has 1 aromatic heterocycles. The highest BCUT2D eigenvalue weighted by Crippen LogP contribution is 2.31. The van der Waals surface area contributed by atoms with E-state index in [2.05, 4.69) is 21.1 Å². The molecular weight excluding hydrogens is 242 g/mol. The molecule has 0 radical (unpaired) electrons. The summed E-state index contributed by atoms with van der Waals surface area (Å²) in [4.78, 5) is 4.56. The summed E-state index contributed by atoms with van der Waals surface area (Å²) in [5.74, 6) is 0.986. The number of aromatic nitrogens is 2. The SMILES string of the molecule is COCCOCCNc1nc(C)cn1C1CCCC1. The molecule has 19 heavy (non-hydrogen) atoms. The minimum atomic E-state index is 0.623. The van der Waals surface area contributed by atoms with Gasteiger partial charge < -0.3 is 19.4 Å². The van der Waals surface area contributed by atoms with Crippen molar-refractivity contribution in [2.75, 3.05) is 38.8 Å². The van der Waals surface area contributed by atoms with Gasteiger partial charge in [-0.2, -0.15) is 0 Å². The molecule has 0 atom stereocenters. The van der Waals surface area contributed by atoms with Crippen LogP contribution in [0.3, 0.4) is 0 Å². The van der Waals surface area contributed by atoms with E-state index in [-0.39, 0.29) is 0 Å². The molecule has 108 valence electrons. The van der Waals surface area contributed by atoms with Gasteiger partial charge in [0, 0.05) is 25.9 Å². The van der Waals surface area contributed by atoms with Crippen LogP contribution in [0.4, 0.5) is 5.95 Å². The first-order valence-electron chi connectivity index (χ1n) is 7.17. The Kier molecular flexibility index (Phi) is 5.66. The lowest BCUT2D eigenvalue weighted by Crippen LogP contribution is -2.16. The fourth-order valence-electron chi connectivity index (χ4n) is 2.59. The zero-order valence-electron chi connectivity index (χ0n) is 12.0. The molecule has 0 amide bonds. The lowest BCUT2D eigenvalue weighted by atomic mass is 10.2.